The Bertz CT molecular complexity index is 837. The highest BCUT2D eigenvalue weighted by molar-refractivity contribution is 6.38. The van der Waals surface area contributed by atoms with Crippen LogP contribution in [0.3, 0.4) is 0 Å². The van der Waals surface area contributed by atoms with Crippen LogP contribution in [0.2, 0.25) is 10.2 Å². The van der Waals surface area contributed by atoms with E-state index < -0.39 is 0 Å². The molecule has 0 aliphatic carbocycles. The number of aryl methyl sites for hydroxylation is 3. The topological polar surface area (TPSA) is 25.8 Å². The summed E-state index contributed by atoms with van der Waals surface area (Å²) in [5.74, 6) is 0.602. The van der Waals surface area contributed by atoms with Crippen molar-refractivity contribution in [1.82, 2.24) is 9.97 Å². The molecular weight excluding hydrogens is 303 g/mol. The molecule has 1 aromatic heterocycles. The Morgan fingerprint density at radius 3 is 2.05 bits per heavy atom. The van der Waals surface area contributed by atoms with Gasteiger partial charge in [0.05, 0.1) is 10.5 Å². The lowest BCUT2D eigenvalue weighted by atomic mass is 10.1. The number of fused-ring (bicyclic) bond motifs is 1. The van der Waals surface area contributed by atoms with E-state index in [0.29, 0.717) is 21.5 Å². The van der Waals surface area contributed by atoms with Gasteiger partial charge in [-0.1, -0.05) is 40.4 Å². The van der Waals surface area contributed by atoms with E-state index in [2.05, 4.69) is 29.9 Å². The molecule has 0 fully saturated rings. The van der Waals surface area contributed by atoms with E-state index in [1.807, 2.05) is 31.2 Å². The van der Waals surface area contributed by atoms with Crippen LogP contribution in [0.4, 0.5) is 0 Å². The summed E-state index contributed by atoms with van der Waals surface area (Å²) in [6, 6.07) is 10.1. The van der Waals surface area contributed by atoms with Crippen LogP contribution in [0.25, 0.3) is 22.3 Å². The predicted molar refractivity (Wildman–Crippen MR) is 89.2 cm³/mol. The lowest BCUT2D eigenvalue weighted by Gasteiger charge is -2.08. The number of nitrogens with zero attached hydrogens (tertiary/aromatic N) is 2. The van der Waals surface area contributed by atoms with Gasteiger partial charge in [-0.05, 0) is 50.6 Å². The number of halogens is 2. The molecule has 4 heteroatoms. The average molecular weight is 317 g/mol. The summed E-state index contributed by atoms with van der Waals surface area (Å²) in [5, 5.41) is 1.81. The molecule has 1 heterocycles. The van der Waals surface area contributed by atoms with Crippen molar-refractivity contribution in [3.8, 4) is 11.4 Å². The summed E-state index contributed by atoms with van der Waals surface area (Å²) in [7, 11) is 0. The van der Waals surface area contributed by atoms with Crippen molar-refractivity contribution in [3.05, 3.63) is 57.2 Å². The number of aromatic nitrogens is 2. The summed E-state index contributed by atoms with van der Waals surface area (Å²) >= 11 is 12.6. The fourth-order valence-electron chi connectivity index (χ4n) is 2.52. The van der Waals surface area contributed by atoms with Gasteiger partial charge in [-0.3, -0.25) is 0 Å². The summed E-state index contributed by atoms with van der Waals surface area (Å²) in [6.45, 7) is 6.07. The van der Waals surface area contributed by atoms with Crippen LogP contribution in [0, 0.1) is 20.8 Å². The van der Waals surface area contributed by atoms with Crippen molar-refractivity contribution in [1.29, 1.82) is 0 Å². The van der Waals surface area contributed by atoms with E-state index in [-0.39, 0.29) is 0 Å². The Kier molecular flexibility index (Phi) is 3.60. The zero-order valence-corrected chi connectivity index (χ0v) is 13.5. The van der Waals surface area contributed by atoms with Gasteiger partial charge in [0.1, 0.15) is 5.15 Å². The molecule has 0 N–H and O–H groups in total. The molecule has 0 atom stereocenters. The summed E-state index contributed by atoms with van der Waals surface area (Å²) in [5.41, 5.74) is 5.01. The lowest BCUT2D eigenvalue weighted by Crippen LogP contribution is -1.94. The van der Waals surface area contributed by atoms with Gasteiger partial charge in [0.2, 0.25) is 0 Å². The molecule has 106 valence electrons. The van der Waals surface area contributed by atoms with Gasteiger partial charge in [-0.15, -0.1) is 0 Å². The van der Waals surface area contributed by atoms with E-state index in [4.69, 9.17) is 23.2 Å². The fourth-order valence-corrected chi connectivity index (χ4v) is 3.06. The third-order valence-electron chi connectivity index (χ3n) is 3.33. The van der Waals surface area contributed by atoms with E-state index in [0.717, 1.165) is 16.5 Å². The highest BCUT2D eigenvalue weighted by Gasteiger charge is 2.11. The number of hydrogen-bond donors (Lipinski definition) is 0. The minimum atomic E-state index is 0.430. The van der Waals surface area contributed by atoms with Crippen LogP contribution in [0.5, 0.6) is 0 Å². The van der Waals surface area contributed by atoms with Crippen molar-refractivity contribution in [2.24, 2.45) is 0 Å². The Morgan fingerprint density at radius 1 is 0.762 bits per heavy atom. The average Bonchev–Trinajstić information content (AvgIpc) is 2.38. The van der Waals surface area contributed by atoms with Gasteiger partial charge in [-0.2, -0.15) is 0 Å². The second-order valence-electron chi connectivity index (χ2n) is 5.36. The molecule has 2 nitrogen and oxygen atoms in total. The minimum absolute atomic E-state index is 0.430. The first-order chi connectivity index (χ1) is 9.94. The SMILES string of the molecule is Cc1cc(C)cc(-c2nc(Cl)c3cc(C)cc(Cl)c3n2)c1. The maximum Gasteiger partial charge on any atom is 0.161 e. The Morgan fingerprint density at radius 2 is 1.38 bits per heavy atom. The van der Waals surface area contributed by atoms with Crippen molar-refractivity contribution in [2.75, 3.05) is 0 Å². The van der Waals surface area contributed by atoms with Crippen LogP contribution in [0.1, 0.15) is 16.7 Å². The smallest absolute Gasteiger partial charge is 0.161 e. The monoisotopic (exact) mass is 316 g/mol. The highest BCUT2D eigenvalue weighted by Crippen LogP contribution is 2.31. The normalized spacial score (nSPS) is 11.1. The molecular formula is C17H14Cl2N2. The number of hydrogen-bond acceptors (Lipinski definition) is 2. The van der Waals surface area contributed by atoms with Crippen LogP contribution < -0.4 is 0 Å². The quantitative estimate of drug-likeness (QED) is 0.552. The van der Waals surface area contributed by atoms with Crippen LogP contribution >= 0.6 is 23.2 Å². The van der Waals surface area contributed by atoms with Gasteiger partial charge in [0, 0.05) is 10.9 Å². The maximum atomic E-state index is 6.33. The first-order valence-electron chi connectivity index (χ1n) is 6.66. The third kappa shape index (κ3) is 2.74. The zero-order valence-electron chi connectivity index (χ0n) is 12.0. The molecule has 21 heavy (non-hydrogen) atoms. The molecule has 3 aromatic rings. The molecule has 0 saturated carbocycles. The van der Waals surface area contributed by atoms with E-state index >= 15 is 0 Å². The minimum Gasteiger partial charge on any atom is -0.226 e. The lowest BCUT2D eigenvalue weighted by molar-refractivity contribution is 1.21. The van der Waals surface area contributed by atoms with Crippen molar-refractivity contribution in [3.63, 3.8) is 0 Å². The fraction of sp³-hybridized carbons (Fsp3) is 0.176. The molecule has 3 rings (SSSR count). The molecule has 0 unspecified atom stereocenters. The molecule has 2 aromatic carbocycles. The third-order valence-corrected chi connectivity index (χ3v) is 3.91. The van der Waals surface area contributed by atoms with E-state index in [9.17, 15) is 0 Å². The molecule has 0 spiro atoms. The van der Waals surface area contributed by atoms with Crippen molar-refractivity contribution < 1.29 is 0 Å². The van der Waals surface area contributed by atoms with E-state index in [1.54, 1.807) is 0 Å². The van der Waals surface area contributed by atoms with Crippen molar-refractivity contribution >= 4 is 34.1 Å². The van der Waals surface area contributed by atoms with Crippen LogP contribution in [0.15, 0.2) is 30.3 Å². The van der Waals surface area contributed by atoms with Gasteiger partial charge < -0.3 is 0 Å². The predicted octanol–water partition coefficient (Wildman–Crippen LogP) is 5.53. The van der Waals surface area contributed by atoms with Gasteiger partial charge >= 0.3 is 0 Å². The first-order valence-corrected chi connectivity index (χ1v) is 7.42. The zero-order chi connectivity index (χ0) is 15.1. The Hall–Kier alpha value is -1.64. The van der Waals surface area contributed by atoms with Crippen LogP contribution in [-0.2, 0) is 0 Å². The largest absolute Gasteiger partial charge is 0.226 e. The molecule has 0 aliphatic heterocycles. The molecule has 0 saturated heterocycles. The molecule has 0 radical (unpaired) electrons. The van der Waals surface area contributed by atoms with Crippen molar-refractivity contribution in [2.45, 2.75) is 20.8 Å². The number of rotatable bonds is 1. The van der Waals surface area contributed by atoms with Gasteiger partial charge in [0.25, 0.3) is 0 Å². The second kappa shape index (κ2) is 5.28. The maximum absolute atomic E-state index is 6.33. The summed E-state index contributed by atoms with van der Waals surface area (Å²) in [6.07, 6.45) is 0. The summed E-state index contributed by atoms with van der Waals surface area (Å²) < 4.78 is 0. The second-order valence-corrected chi connectivity index (χ2v) is 6.12. The summed E-state index contributed by atoms with van der Waals surface area (Å²) in [4.78, 5) is 9.03. The van der Waals surface area contributed by atoms with E-state index in [1.165, 1.54) is 11.1 Å². The van der Waals surface area contributed by atoms with Crippen LogP contribution in [-0.4, -0.2) is 9.97 Å². The number of benzene rings is 2. The Balaban J connectivity index is 2.30. The Labute approximate surface area is 133 Å². The molecule has 0 bridgehead atoms. The molecule has 0 aliphatic rings. The highest BCUT2D eigenvalue weighted by atomic mass is 35.5. The molecule has 0 amide bonds. The standard InChI is InChI=1S/C17H14Cl2N2/c1-9-4-10(2)6-12(5-9)17-20-15-13(16(19)21-17)7-11(3)8-14(15)18/h4-8H,1-3H3. The van der Waals surface area contributed by atoms with Gasteiger partial charge in [-0.25, -0.2) is 9.97 Å². The first kappa shape index (κ1) is 14.3. The van der Waals surface area contributed by atoms with Gasteiger partial charge in [0.15, 0.2) is 5.82 Å².